The molecule has 23 N–H and O–H groups in total. The molecule has 768 valence electrons. The van der Waals surface area contributed by atoms with Crippen molar-refractivity contribution in [3.05, 3.63) is 131 Å². The molecule has 12 aromatic rings. The van der Waals surface area contributed by atoms with Crippen LogP contribution in [0.2, 0.25) is 0 Å². The van der Waals surface area contributed by atoms with Crippen molar-refractivity contribution in [1.82, 2.24) is 107 Å². The first kappa shape index (κ1) is 109. The third-order valence-electron chi connectivity index (χ3n) is 24.2. The van der Waals surface area contributed by atoms with E-state index in [1.807, 2.05) is 0 Å². The maximum absolute atomic E-state index is 14.3. The minimum atomic E-state index is -2.13. The van der Waals surface area contributed by atoms with Gasteiger partial charge < -0.3 is 150 Å². The van der Waals surface area contributed by atoms with Gasteiger partial charge in [-0.1, -0.05) is 65.9 Å². The van der Waals surface area contributed by atoms with Gasteiger partial charge in [0.05, 0.1) is 74.0 Å². The highest BCUT2D eigenvalue weighted by Gasteiger charge is 2.63. The Hall–Kier alpha value is -12.5. The Labute approximate surface area is 824 Å². The van der Waals surface area contributed by atoms with Gasteiger partial charge in [-0.2, -0.15) is 0 Å². The minimum absolute atomic E-state index is 0.0569. The number of aliphatic hydroxyl groups excluding tert-OH is 12. The molecule has 0 aromatic carbocycles. The Morgan fingerprint density at radius 1 is 0.410 bits per heavy atom. The maximum atomic E-state index is 14.3. The van der Waals surface area contributed by atoms with E-state index in [-0.39, 0.29) is 38.2 Å². The Morgan fingerprint density at radius 2 is 0.750 bits per heavy atom. The van der Waals surface area contributed by atoms with Crippen LogP contribution in [-0.4, -0.2) is 350 Å². The highest BCUT2D eigenvalue weighted by atomic mass is 32.1. The number of hydrogen-bond donors (Lipinski definition) is 23. The first-order valence-corrected chi connectivity index (χ1v) is 45.1. The lowest BCUT2D eigenvalue weighted by molar-refractivity contribution is -0.0847. The number of aliphatic hydroxyl groups is 18. The molecule has 0 amide bonds. The number of aryl methyl sites for hydroxylation is 6. The molecule has 144 heavy (non-hydrogen) atoms. The summed E-state index contributed by atoms with van der Waals surface area (Å²) in [7, 11) is 0. The molecule has 0 radical (unpaired) electrons. The van der Waals surface area contributed by atoms with Crippen LogP contribution in [0.5, 0.6) is 0 Å². The third kappa shape index (κ3) is 19.8. The van der Waals surface area contributed by atoms with Gasteiger partial charge in [0.15, 0.2) is 109 Å². The lowest BCUT2D eigenvalue weighted by Crippen LogP contribution is -2.47. The average Bonchev–Trinajstić information content (AvgIpc) is 1.62. The van der Waals surface area contributed by atoms with E-state index in [0.717, 1.165) is 10.8 Å². The van der Waals surface area contributed by atoms with E-state index in [9.17, 15) is 115 Å². The van der Waals surface area contributed by atoms with Crippen molar-refractivity contribution in [3.8, 4) is 71.0 Å². The van der Waals surface area contributed by atoms with Crippen molar-refractivity contribution >= 4 is 91.2 Å². The molecule has 0 bridgehead atoms. The van der Waals surface area contributed by atoms with Gasteiger partial charge in [0.25, 0.3) is 16.7 Å². The molecule has 29 atom stereocenters. The number of aromatic nitrogens is 22. The predicted molar refractivity (Wildman–Crippen MR) is 504 cm³/mol. The number of ether oxygens (including phenoxy) is 6. The van der Waals surface area contributed by atoms with Gasteiger partial charge in [0, 0.05) is 12.4 Å². The van der Waals surface area contributed by atoms with Crippen molar-refractivity contribution in [2.24, 2.45) is 0 Å². The summed E-state index contributed by atoms with van der Waals surface area (Å²) in [6, 6.07) is 1.55. The predicted octanol–water partition coefficient (Wildman–Crippen LogP) is -2.72. The molecule has 0 saturated carbocycles. The van der Waals surface area contributed by atoms with Crippen LogP contribution >= 0.6 is 24.4 Å². The molecule has 18 heterocycles. The summed E-state index contributed by atoms with van der Waals surface area (Å²) in [5.74, 6) is 31.8. The van der Waals surface area contributed by atoms with Crippen LogP contribution in [0.3, 0.4) is 0 Å². The van der Waals surface area contributed by atoms with Crippen LogP contribution in [-0.2, 0) is 28.4 Å². The fraction of sp³-hybridized carbons (Fsp3) is 0.516. The second-order valence-electron chi connectivity index (χ2n) is 34.7. The van der Waals surface area contributed by atoms with Crippen molar-refractivity contribution in [2.45, 2.75) is 286 Å². The smallest absolute Gasteiger partial charge is 0.279 e. The first-order valence-electron chi connectivity index (χ1n) is 44.3. The molecular weight excluding hydrogens is 1940 g/mol. The van der Waals surface area contributed by atoms with Gasteiger partial charge >= 0.3 is 0 Å². The standard InChI is InChI=1S/C16H18FN3O5.C16H19N3O5.C15H18N4O5.C15H18N4O4S.C15H18N4O4.C14H15FN4O4S/c1-4-5-16(24)12(22)11(7(2)21)25-15(16)20-6-9(17)10-13(20)18-8(3)19-14(10)23;1-4-6-16(23)12(21)11(8(2)20)24-15(16)19-7-5-10-13(19)17-9(3)18-14(10)22;1-4-5-15(23)11(21)10(7(2)20)24-14(15)19-6-16-9-12(19)17-8(3)18-13(9)22;1-4-5-15(22)11(21)10(7(2)20)23-14(15)19-6-16-9-12(19)17-8(3)18-13(9)24;1-4-5-15(22)12(21)11(8(2)20)23-14(15)19-7-17-10-6-16-9(3)18-13(10)19;1-7-17-11-9(12(24)18-7)16-6-19(11)13-14(22,3-2-4-15)10(21)8(5-20)23-13/h6-7,11-12,15,21-22,24H,1-3H3,(H,18,19,23);5,7-8,11-12,15,20-21,23H,1-3H3,(H,17,18,22);6-7,10-11,14,20-21,23H,1-3H3,(H,17,18,22);6-7,10-11,14,20-22H,1-3H3,(H,17,18,24);6-8,11-12,14,20-22H,1-3H3;6,8,10,13,20-22H,4-5H2,1H3,(H,17,18,24)/t7-,11-,12+,15-,16?;8-,11-,12+,15-,16?;2*7-,10-,11+,14-,15?;8-,11-,12+,14-,15?;8-,10+,13-,14?/m111111/s1. The van der Waals surface area contributed by atoms with Crippen LogP contribution in [0.4, 0.5) is 8.78 Å². The fourth-order valence-electron chi connectivity index (χ4n) is 17.6. The Morgan fingerprint density at radius 3 is 1.16 bits per heavy atom. The number of fused-ring (bicyclic) bond motifs is 6. The summed E-state index contributed by atoms with van der Waals surface area (Å²) in [5, 5.41) is 186. The van der Waals surface area contributed by atoms with Crippen molar-refractivity contribution < 1.29 is 129 Å². The van der Waals surface area contributed by atoms with E-state index in [4.69, 9.17) is 52.9 Å². The monoisotopic (exact) mass is 2040 g/mol. The molecule has 6 aliphatic rings. The number of rotatable bonds is 12. The number of nitrogens with one attached hydrogen (secondary N) is 5. The van der Waals surface area contributed by atoms with Crippen LogP contribution in [0.15, 0.2) is 64.3 Å². The Kier molecular flexibility index (Phi) is 32.2. The van der Waals surface area contributed by atoms with Crippen LogP contribution < -0.4 is 16.7 Å². The quantitative estimate of drug-likeness (QED) is 0.0437. The molecule has 0 aliphatic carbocycles. The first-order chi connectivity index (χ1) is 67.9. The van der Waals surface area contributed by atoms with Crippen LogP contribution in [0.25, 0.3) is 66.7 Å². The molecule has 6 saturated heterocycles. The highest BCUT2D eigenvalue weighted by Crippen LogP contribution is 2.48. The number of hydrogen-bond acceptors (Lipinski definition) is 40. The molecule has 53 heteroatoms. The highest BCUT2D eigenvalue weighted by molar-refractivity contribution is 7.71. The maximum Gasteiger partial charge on any atom is 0.279 e. The Bertz CT molecular complexity index is 7230. The van der Waals surface area contributed by atoms with Crippen LogP contribution in [0.1, 0.15) is 142 Å². The van der Waals surface area contributed by atoms with Gasteiger partial charge in [-0.3, -0.25) is 37.2 Å². The van der Waals surface area contributed by atoms with Gasteiger partial charge in [-0.25, -0.2) is 63.6 Å². The third-order valence-corrected chi connectivity index (χ3v) is 24.8. The van der Waals surface area contributed by atoms with E-state index in [1.54, 1.807) is 60.7 Å². The number of halogens is 2. The summed E-state index contributed by atoms with van der Waals surface area (Å²) >= 11 is 10.3. The number of imidazole rings is 4. The van der Waals surface area contributed by atoms with E-state index in [1.165, 1.54) is 117 Å². The summed E-state index contributed by atoms with van der Waals surface area (Å²) < 4.78 is 69.5. The summed E-state index contributed by atoms with van der Waals surface area (Å²) in [4.78, 5) is 95.2. The normalized spacial score (nSPS) is 30.8. The fourth-order valence-corrected chi connectivity index (χ4v) is 18.1. The molecular formula is C91H106F2N22O27S2. The van der Waals surface area contributed by atoms with E-state index in [2.05, 4.69) is 151 Å². The SMILES string of the molecule is CC#CC1(O)[C@@H](O)[C@@H]([C@@H](C)O)O[C@H]1n1cc(F)c2c(=O)[nH]c(C)nc21.CC#CC1(O)[C@@H](O)[C@@H]([C@@H](C)O)O[C@H]1n1ccc2c(=O)[nH]c(C)nc21.CC#CC1(O)[C@@H](O)[C@@H]([C@@H](C)O)O[C@H]1n1cnc2c(=O)[nH]c(C)nc21.CC#CC1(O)[C@@H](O)[C@@H]([C@@H](C)O)O[C@H]1n1cnc2c(=S)nc(C)[nH]c21.CC#CC1(O)[C@@H](O)[C@@H]([C@@H](C)O)O[C@H]1n1cnc2cnc(C)nc21.Cc1nc(=S)c2ncn([C@@H]3O[C@H](CO)[C@H](O)C3(O)C#CCF)c2[nH]1. The Balaban J connectivity index is 0.000000145. The van der Waals surface area contributed by atoms with Gasteiger partial charge in [0.2, 0.25) is 0 Å². The van der Waals surface area contributed by atoms with Crippen molar-refractivity contribution in [3.63, 3.8) is 0 Å². The number of aromatic amines is 5. The molecule has 12 aromatic heterocycles. The number of nitrogens with zero attached hydrogens (tertiary/aromatic N) is 17. The average molecular weight is 2040 g/mol. The molecule has 18 rings (SSSR count). The zero-order chi connectivity index (χ0) is 106. The summed E-state index contributed by atoms with van der Waals surface area (Å²) in [6.45, 7) is 23.2. The second-order valence-corrected chi connectivity index (χ2v) is 35.4. The van der Waals surface area contributed by atoms with E-state index in [0.29, 0.717) is 78.3 Å². The minimum Gasteiger partial charge on any atom is -0.394 e. The number of H-pyrrole nitrogens is 5. The molecule has 6 aliphatic heterocycles. The van der Waals surface area contributed by atoms with Crippen molar-refractivity contribution in [2.75, 3.05) is 13.3 Å². The molecule has 6 unspecified atom stereocenters. The van der Waals surface area contributed by atoms with Gasteiger partial charge in [0.1, 0.15) is 154 Å². The van der Waals surface area contributed by atoms with Gasteiger partial charge in [-0.15, -0.1) is 29.6 Å². The zero-order valence-corrected chi connectivity index (χ0v) is 81.3. The zero-order valence-electron chi connectivity index (χ0n) is 79.7. The van der Waals surface area contributed by atoms with Crippen LogP contribution in [0, 0.1) is 128 Å². The van der Waals surface area contributed by atoms with Gasteiger partial charge in [-0.05, 0) is 117 Å². The lowest BCUT2D eigenvalue weighted by atomic mass is 9.93. The summed E-state index contributed by atoms with van der Waals surface area (Å²) in [6.07, 6.45) is -17.6. The largest absolute Gasteiger partial charge is 0.394 e. The molecule has 6 fully saturated rings. The summed E-state index contributed by atoms with van der Waals surface area (Å²) in [5.41, 5.74) is -10.2. The topological polar surface area (TPSA) is 721 Å². The lowest BCUT2D eigenvalue weighted by Gasteiger charge is -2.26. The second kappa shape index (κ2) is 42.7. The number of alkyl halides is 1. The molecule has 49 nitrogen and oxygen atoms in total. The van der Waals surface area contributed by atoms with E-state index >= 15 is 0 Å². The van der Waals surface area contributed by atoms with Crippen molar-refractivity contribution in [1.29, 1.82) is 0 Å². The van der Waals surface area contributed by atoms with E-state index < -0.39 is 205 Å². The molecule has 0 spiro atoms.